The van der Waals surface area contributed by atoms with Crippen LogP contribution < -0.4 is 33.3 Å². The van der Waals surface area contributed by atoms with Crippen molar-refractivity contribution in [2.45, 2.75) is 63.5 Å². The standard InChI is InChI=1S/C19H29BN6O5.C9H9F3/c21-12-5-13(22)9-26(8-12)18(28)4-3-16(23)19(29)24-7-17(27)25-14-2-1-11-10-31-20(30)15(11)6-14;1-2-7-3-5-8(6-4-7)9(10,11)12/h1-2,6,12-13,16,30H,3-5,7-10,21-23H2,(H,24,29)(H,25,27);3-6H,2H2,1H3. The van der Waals surface area contributed by atoms with Crippen molar-refractivity contribution in [3.63, 3.8) is 0 Å². The normalized spacial score (nSPS) is 18.7. The highest BCUT2D eigenvalue weighted by molar-refractivity contribution is 6.61. The molecular formula is C28H38BF3N6O5. The van der Waals surface area contributed by atoms with E-state index in [1.807, 2.05) is 6.92 Å². The van der Waals surface area contributed by atoms with E-state index < -0.39 is 36.7 Å². The summed E-state index contributed by atoms with van der Waals surface area (Å²) >= 11 is 0. The Kier molecular flexibility index (Phi) is 12.1. The Hall–Kier alpha value is -3.50. The van der Waals surface area contributed by atoms with Crippen LogP contribution in [0.1, 0.15) is 42.9 Å². The van der Waals surface area contributed by atoms with E-state index in [-0.39, 0.29) is 37.4 Å². The molecule has 3 atom stereocenters. The zero-order valence-corrected chi connectivity index (χ0v) is 23.9. The predicted molar refractivity (Wildman–Crippen MR) is 156 cm³/mol. The van der Waals surface area contributed by atoms with Gasteiger partial charge in [-0.25, -0.2) is 0 Å². The number of amides is 3. The van der Waals surface area contributed by atoms with Gasteiger partial charge in [-0.05, 0) is 60.1 Å². The first-order valence-electron chi connectivity index (χ1n) is 14.0. The maximum Gasteiger partial charge on any atom is 0.491 e. The van der Waals surface area contributed by atoms with Crippen molar-refractivity contribution >= 4 is 36.0 Å². The average Bonchev–Trinajstić information content (AvgIpc) is 3.33. The molecule has 11 nitrogen and oxygen atoms in total. The summed E-state index contributed by atoms with van der Waals surface area (Å²) in [5.41, 5.74) is 19.9. The molecule has 0 saturated carbocycles. The number of hydrogen-bond donors (Lipinski definition) is 6. The van der Waals surface area contributed by atoms with Crippen LogP contribution in [0, 0.1) is 0 Å². The van der Waals surface area contributed by atoms with Crippen LogP contribution in [0.2, 0.25) is 0 Å². The van der Waals surface area contributed by atoms with E-state index >= 15 is 0 Å². The van der Waals surface area contributed by atoms with Crippen LogP contribution >= 0.6 is 0 Å². The lowest BCUT2D eigenvalue weighted by atomic mass is 9.79. The van der Waals surface area contributed by atoms with Crippen molar-refractivity contribution in [3.05, 3.63) is 59.2 Å². The van der Waals surface area contributed by atoms with Gasteiger partial charge in [0, 0.05) is 37.3 Å². The minimum absolute atomic E-state index is 0.0970. The van der Waals surface area contributed by atoms with Crippen LogP contribution in [0.4, 0.5) is 18.9 Å². The molecule has 4 rings (SSSR count). The van der Waals surface area contributed by atoms with Crippen molar-refractivity contribution in [1.29, 1.82) is 0 Å². The molecular weight excluding hydrogens is 568 g/mol. The van der Waals surface area contributed by atoms with Gasteiger partial charge in [0.15, 0.2) is 0 Å². The molecule has 3 amide bonds. The lowest BCUT2D eigenvalue weighted by molar-refractivity contribution is -0.137. The van der Waals surface area contributed by atoms with Gasteiger partial charge in [0.05, 0.1) is 24.8 Å². The number of aryl methyl sites for hydroxylation is 1. The van der Waals surface area contributed by atoms with Gasteiger partial charge >= 0.3 is 13.3 Å². The van der Waals surface area contributed by atoms with Crippen LogP contribution in [-0.2, 0) is 38.2 Å². The first kappa shape index (κ1) is 34.0. The van der Waals surface area contributed by atoms with Gasteiger partial charge < -0.3 is 42.4 Å². The minimum Gasteiger partial charge on any atom is -0.423 e. The number of benzene rings is 2. The molecule has 234 valence electrons. The Morgan fingerprint density at radius 1 is 1.12 bits per heavy atom. The number of fused-ring (bicyclic) bond motifs is 1. The number of likely N-dealkylation sites (tertiary alicyclic amines) is 1. The maximum absolute atomic E-state index is 12.3. The smallest absolute Gasteiger partial charge is 0.423 e. The molecule has 3 unspecified atom stereocenters. The number of hydrogen-bond acceptors (Lipinski definition) is 8. The molecule has 1 saturated heterocycles. The maximum atomic E-state index is 12.3. The van der Waals surface area contributed by atoms with Crippen LogP contribution in [-0.4, -0.2) is 72.5 Å². The van der Waals surface area contributed by atoms with E-state index in [0.29, 0.717) is 37.3 Å². The van der Waals surface area contributed by atoms with Gasteiger partial charge in [0.25, 0.3) is 0 Å². The molecule has 43 heavy (non-hydrogen) atoms. The monoisotopic (exact) mass is 606 g/mol. The molecule has 0 spiro atoms. The summed E-state index contributed by atoms with van der Waals surface area (Å²) in [6, 6.07) is 9.08. The Balaban J connectivity index is 0.000000353. The molecule has 2 aliphatic heterocycles. The van der Waals surface area contributed by atoms with Gasteiger partial charge in [-0.2, -0.15) is 13.2 Å². The molecule has 0 aliphatic carbocycles. The fraction of sp³-hybridized carbons (Fsp3) is 0.464. The van der Waals surface area contributed by atoms with Crippen LogP contribution in [0.3, 0.4) is 0 Å². The van der Waals surface area contributed by atoms with E-state index in [1.165, 1.54) is 12.1 Å². The quantitative estimate of drug-likeness (QED) is 0.231. The van der Waals surface area contributed by atoms with Crippen molar-refractivity contribution in [2.24, 2.45) is 17.2 Å². The van der Waals surface area contributed by atoms with Crippen molar-refractivity contribution in [2.75, 3.05) is 25.0 Å². The molecule has 15 heteroatoms. The number of nitrogens with two attached hydrogens (primary N) is 3. The Bertz CT molecular complexity index is 1260. The summed E-state index contributed by atoms with van der Waals surface area (Å²) in [7, 11) is -1.01. The lowest BCUT2D eigenvalue weighted by Crippen LogP contribution is -2.54. The lowest BCUT2D eigenvalue weighted by Gasteiger charge is -2.34. The van der Waals surface area contributed by atoms with E-state index in [2.05, 4.69) is 10.6 Å². The fourth-order valence-electron chi connectivity index (χ4n) is 4.68. The second kappa shape index (κ2) is 15.3. The first-order chi connectivity index (χ1) is 20.3. The topological polar surface area (TPSA) is 186 Å². The van der Waals surface area contributed by atoms with Crippen molar-refractivity contribution in [3.8, 4) is 0 Å². The molecule has 1 fully saturated rings. The highest BCUT2D eigenvalue weighted by Crippen LogP contribution is 2.29. The number of nitrogens with one attached hydrogen (secondary N) is 2. The molecule has 0 radical (unpaired) electrons. The van der Waals surface area contributed by atoms with Crippen LogP contribution in [0.15, 0.2) is 42.5 Å². The van der Waals surface area contributed by atoms with Gasteiger partial charge in [0.2, 0.25) is 17.7 Å². The van der Waals surface area contributed by atoms with Crippen molar-refractivity contribution < 1.29 is 37.2 Å². The Morgan fingerprint density at radius 2 is 1.77 bits per heavy atom. The summed E-state index contributed by atoms with van der Waals surface area (Å²) in [5.74, 6) is -1.11. The fourth-order valence-corrected chi connectivity index (χ4v) is 4.68. The van der Waals surface area contributed by atoms with Crippen LogP contribution in [0.5, 0.6) is 0 Å². The molecule has 2 heterocycles. The number of halogens is 3. The van der Waals surface area contributed by atoms with Crippen molar-refractivity contribution in [1.82, 2.24) is 10.2 Å². The molecule has 0 bridgehead atoms. The van der Waals surface area contributed by atoms with Gasteiger partial charge in [-0.3, -0.25) is 14.4 Å². The van der Waals surface area contributed by atoms with E-state index in [9.17, 15) is 32.6 Å². The second-order valence-corrected chi connectivity index (χ2v) is 10.6. The molecule has 0 aromatic heterocycles. The van der Waals surface area contributed by atoms with E-state index in [0.717, 1.165) is 29.7 Å². The summed E-state index contributed by atoms with van der Waals surface area (Å²) in [4.78, 5) is 38.2. The molecule has 2 aromatic rings. The number of carbonyl (C=O) groups excluding carboxylic acids is 3. The third-order valence-electron chi connectivity index (χ3n) is 7.08. The number of piperidine rings is 1. The zero-order valence-electron chi connectivity index (χ0n) is 23.9. The summed E-state index contributed by atoms with van der Waals surface area (Å²) < 4.78 is 41.2. The predicted octanol–water partition coefficient (Wildman–Crippen LogP) is 0.221. The number of nitrogens with zero attached hydrogens (tertiary/aromatic N) is 1. The number of anilines is 1. The van der Waals surface area contributed by atoms with Gasteiger partial charge in [-0.1, -0.05) is 25.1 Å². The molecule has 9 N–H and O–H groups in total. The summed E-state index contributed by atoms with van der Waals surface area (Å²) in [6.45, 7) is 2.84. The van der Waals surface area contributed by atoms with E-state index in [1.54, 1.807) is 23.1 Å². The third-order valence-corrected chi connectivity index (χ3v) is 7.08. The highest BCUT2D eigenvalue weighted by Gasteiger charge is 2.30. The minimum atomic E-state index is -4.22. The SMILES string of the molecule is CCc1ccc(C(F)(F)F)cc1.NC1CC(N)CN(C(=O)CCC(N)C(=O)NCC(=O)Nc2ccc3c(c2)B(O)OC3)C1. The highest BCUT2D eigenvalue weighted by atomic mass is 19.4. The number of carbonyl (C=O) groups is 3. The molecule has 2 aliphatic rings. The second-order valence-electron chi connectivity index (χ2n) is 10.6. The largest absolute Gasteiger partial charge is 0.491 e. The summed E-state index contributed by atoms with van der Waals surface area (Å²) in [6.07, 6.45) is -2.53. The average molecular weight is 606 g/mol. The Labute approximate surface area is 248 Å². The first-order valence-corrected chi connectivity index (χ1v) is 14.0. The third kappa shape index (κ3) is 10.3. The van der Waals surface area contributed by atoms with Gasteiger partial charge in [0.1, 0.15) is 0 Å². The molecule has 2 aromatic carbocycles. The zero-order chi connectivity index (χ0) is 31.7. The van der Waals surface area contributed by atoms with Crippen LogP contribution in [0.25, 0.3) is 0 Å². The number of alkyl halides is 3. The number of rotatable bonds is 8. The Morgan fingerprint density at radius 3 is 2.37 bits per heavy atom. The van der Waals surface area contributed by atoms with Gasteiger partial charge in [-0.15, -0.1) is 0 Å². The van der Waals surface area contributed by atoms with E-state index in [4.69, 9.17) is 21.9 Å². The summed E-state index contributed by atoms with van der Waals surface area (Å²) in [5, 5.41) is 14.8.